The Morgan fingerprint density at radius 1 is 1.08 bits per heavy atom. The Hall–Kier alpha value is -3.65. The van der Waals surface area contributed by atoms with Gasteiger partial charge in [0.15, 0.2) is 5.84 Å². The van der Waals surface area contributed by atoms with Crippen molar-refractivity contribution >= 4 is 50.7 Å². The van der Waals surface area contributed by atoms with Crippen molar-refractivity contribution in [3.63, 3.8) is 0 Å². The van der Waals surface area contributed by atoms with Crippen LogP contribution < -0.4 is 4.74 Å². The first-order valence-electron chi connectivity index (χ1n) is 13.3. The van der Waals surface area contributed by atoms with Gasteiger partial charge in [0.1, 0.15) is 17.4 Å². The Labute approximate surface area is 226 Å². The van der Waals surface area contributed by atoms with E-state index in [0.29, 0.717) is 24.2 Å². The number of hydrazone groups is 1. The van der Waals surface area contributed by atoms with Crippen molar-refractivity contribution in [2.24, 2.45) is 16.0 Å². The fourth-order valence-corrected chi connectivity index (χ4v) is 6.62. The molecule has 1 aromatic heterocycles. The minimum atomic E-state index is -0.382. The van der Waals surface area contributed by atoms with Crippen LogP contribution in [0.4, 0.5) is 0 Å². The predicted molar refractivity (Wildman–Crippen MR) is 155 cm³/mol. The second kappa shape index (κ2) is 10.3. The first-order chi connectivity index (χ1) is 18.5. The number of thioether (sulfide) groups is 1. The molecule has 0 unspecified atom stereocenters. The summed E-state index contributed by atoms with van der Waals surface area (Å²) in [6.07, 6.45) is 7.73. The number of ether oxygens (including phenoxy) is 1. The lowest BCUT2D eigenvalue weighted by Crippen LogP contribution is -2.35. The summed E-state index contributed by atoms with van der Waals surface area (Å²) >= 11 is 1.45. The van der Waals surface area contributed by atoms with Gasteiger partial charge in [0.05, 0.1) is 12.1 Å². The standard InChI is InChI=1S/C30H31N5O2S/c1-19-10-6-9-15-26(19)37-17-16-34-20(2)23(22-13-7-8-14-25(22)34)18-24-27(31)35-30(32-28(24)36)38-29(33-35)21-11-4-3-5-12-21/h6-10,13-15,18,21,31H,3-5,11-12,16-17H2,1-2H3/b24-18-,31-27?. The Balaban J connectivity index is 1.30. The Kier molecular flexibility index (Phi) is 6.66. The smallest absolute Gasteiger partial charge is 0.283 e. The highest BCUT2D eigenvalue weighted by molar-refractivity contribution is 8.27. The number of carbonyl (C=O) groups is 1. The maximum atomic E-state index is 13.1. The van der Waals surface area contributed by atoms with Gasteiger partial charge >= 0.3 is 0 Å². The average molecular weight is 526 g/mol. The molecule has 2 aliphatic heterocycles. The summed E-state index contributed by atoms with van der Waals surface area (Å²) in [5, 5.41) is 17.7. The number of amides is 1. The lowest BCUT2D eigenvalue weighted by Gasteiger charge is -2.20. The molecule has 38 heavy (non-hydrogen) atoms. The van der Waals surface area contributed by atoms with Crippen LogP contribution in [0, 0.1) is 25.2 Å². The van der Waals surface area contributed by atoms with Gasteiger partial charge in [-0.1, -0.05) is 55.7 Å². The van der Waals surface area contributed by atoms with Crippen LogP contribution in [0.2, 0.25) is 0 Å². The van der Waals surface area contributed by atoms with E-state index in [0.717, 1.165) is 51.4 Å². The van der Waals surface area contributed by atoms with Crippen molar-refractivity contribution in [1.29, 1.82) is 5.41 Å². The Bertz CT molecular complexity index is 1530. The van der Waals surface area contributed by atoms with Crippen LogP contribution in [-0.2, 0) is 11.3 Å². The monoisotopic (exact) mass is 525 g/mol. The molecule has 3 heterocycles. The minimum absolute atomic E-state index is 0.0948. The van der Waals surface area contributed by atoms with Crippen LogP contribution in [0.3, 0.4) is 0 Å². The molecule has 7 nitrogen and oxygen atoms in total. The van der Waals surface area contributed by atoms with Crippen molar-refractivity contribution in [2.45, 2.75) is 52.5 Å². The van der Waals surface area contributed by atoms with Gasteiger partial charge in [-0.05, 0) is 62.2 Å². The van der Waals surface area contributed by atoms with E-state index in [4.69, 9.17) is 15.2 Å². The molecule has 0 atom stereocenters. The molecular weight excluding hydrogens is 494 g/mol. The topological polar surface area (TPSA) is 83.0 Å². The van der Waals surface area contributed by atoms with Crippen LogP contribution in [0.1, 0.15) is 48.9 Å². The highest BCUT2D eigenvalue weighted by atomic mass is 32.2. The van der Waals surface area contributed by atoms with Gasteiger partial charge in [-0.2, -0.15) is 15.1 Å². The van der Waals surface area contributed by atoms with E-state index in [1.807, 2.05) is 49.4 Å². The minimum Gasteiger partial charge on any atom is -0.491 e. The number of para-hydroxylation sites is 2. The second-order valence-corrected chi connectivity index (χ2v) is 11.1. The highest BCUT2D eigenvalue weighted by Gasteiger charge is 2.38. The van der Waals surface area contributed by atoms with Gasteiger partial charge in [-0.25, -0.2) is 0 Å². The molecule has 0 radical (unpaired) electrons. The molecule has 1 N–H and O–H groups in total. The van der Waals surface area contributed by atoms with Crippen LogP contribution >= 0.6 is 11.8 Å². The molecule has 194 valence electrons. The average Bonchev–Trinajstić information content (AvgIpc) is 3.47. The summed E-state index contributed by atoms with van der Waals surface area (Å²) in [6.45, 7) is 5.28. The lowest BCUT2D eigenvalue weighted by atomic mass is 9.90. The number of nitrogens with one attached hydrogen (secondary N) is 1. The van der Waals surface area contributed by atoms with E-state index in [9.17, 15) is 4.79 Å². The molecule has 6 rings (SSSR count). The number of aliphatic imine (C=N–C) groups is 1. The second-order valence-electron chi connectivity index (χ2n) is 10.1. The number of amidine groups is 2. The zero-order chi connectivity index (χ0) is 26.2. The summed E-state index contributed by atoms with van der Waals surface area (Å²) in [6, 6.07) is 16.2. The van der Waals surface area contributed by atoms with Crippen molar-refractivity contribution in [1.82, 2.24) is 9.58 Å². The molecule has 0 saturated heterocycles. The van der Waals surface area contributed by atoms with E-state index in [-0.39, 0.29) is 17.3 Å². The SMILES string of the molecule is Cc1ccccc1OCCn1c(C)c(/C=C2/C(=N)N3N=C(C4CCCCC4)SC3=NC2=O)c2ccccc21. The molecule has 0 spiro atoms. The first kappa shape index (κ1) is 24.7. The van der Waals surface area contributed by atoms with Crippen molar-refractivity contribution in [3.8, 4) is 5.75 Å². The lowest BCUT2D eigenvalue weighted by molar-refractivity contribution is -0.114. The summed E-state index contributed by atoms with van der Waals surface area (Å²) in [7, 11) is 0. The number of aromatic nitrogens is 1. The first-order valence-corrected chi connectivity index (χ1v) is 14.1. The van der Waals surface area contributed by atoms with Gasteiger partial charge in [0.2, 0.25) is 5.17 Å². The van der Waals surface area contributed by atoms with E-state index in [1.54, 1.807) is 5.01 Å². The number of hydrogen-bond acceptors (Lipinski definition) is 5. The molecule has 1 saturated carbocycles. The number of carbonyl (C=O) groups excluding carboxylic acids is 1. The number of benzene rings is 2. The zero-order valence-electron chi connectivity index (χ0n) is 21.7. The third kappa shape index (κ3) is 4.47. The molecule has 0 bridgehead atoms. The number of aryl methyl sites for hydroxylation is 1. The fraction of sp³-hybridized carbons (Fsp3) is 0.333. The summed E-state index contributed by atoms with van der Waals surface area (Å²) in [5.41, 5.74) is 4.38. The third-order valence-electron chi connectivity index (χ3n) is 7.66. The van der Waals surface area contributed by atoms with E-state index >= 15 is 0 Å². The largest absolute Gasteiger partial charge is 0.491 e. The van der Waals surface area contributed by atoms with Crippen molar-refractivity contribution < 1.29 is 9.53 Å². The molecule has 3 aromatic rings. The molecule has 2 aromatic carbocycles. The van der Waals surface area contributed by atoms with Crippen LogP contribution in [0.15, 0.2) is 64.2 Å². The number of fused-ring (bicyclic) bond motifs is 2. The van der Waals surface area contributed by atoms with Crippen LogP contribution in [-0.4, -0.2) is 38.1 Å². The van der Waals surface area contributed by atoms with E-state index in [2.05, 4.69) is 28.6 Å². The molecule has 1 fully saturated rings. The third-order valence-corrected chi connectivity index (χ3v) is 8.73. The van der Waals surface area contributed by atoms with Crippen LogP contribution in [0.5, 0.6) is 5.75 Å². The number of hydrogen-bond donors (Lipinski definition) is 1. The maximum absolute atomic E-state index is 13.1. The predicted octanol–water partition coefficient (Wildman–Crippen LogP) is 6.54. The van der Waals surface area contributed by atoms with Gasteiger partial charge in [0.25, 0.3) is 5.91 Å². The summed E-state index contributed by atoms with van der Waals surface area (Å²) in [4.78, 5) is 17.5. The summed E-state index contributed by atoms with van der Waals surface area (Å²) in [5.74, 6) is 1.00. The Morgan fingerprint density at radius 3 is 2.66 bits per heavy atom. The molecular formula is C30H31N5O2S. The van der Waals surface area contributed by atoms with Gasteiger partial charge in [0, 0.05) is 28.1 Å². The molecule has 8 heteroatoms. The maximum Gasteiger partial charge on any atom is 0.283 e. The number of rotatable bonds is 6. The molecule has 3 aliphatic rings. The fourth-order valence-electron chi connectivity index (χ4n) is 5.56. The van der Waals surface area contributed by atoms with E-state index in [1.165, 1.54) is 31.0 Å². The van der Waals surface area contributed by atoms with E-state index < -0.39 is 0 Å². The van der Waals surface area contributed by atoms with Gasteiger partial charge in [-0.15, -0.1) is 0 Å². The van der Waals surface area contributed by atoms with Gasteiger partial charge < -0.3 is 9.30 Å². The summed E-state index contributed by atoms with van der Waals surface area (Å²) < 4.78 is 8.30. The highest BCUT2D eigenvalue weighted by Crippen LogP contribution is 2.37. The normalized spacial score (nSPS) is 19.2. The van der Waals surface area contributed by atoms with Crippen molar-refractivity contribution in [2.75, 3.05) is 6.61 Å². The van der Waals surface area contributed by atoms with Gasteiger partial charge in [-0.3, -0.25) is 10.2 Å². The molecule has 1 aliphatic carbocycles. The van der Waals surface area contributed by atoms with Crippen LogP contribution in [0.25, 0.3) is 17.0 Å². The molecule has 1 amide bonds. The van der Waals surface area contributed by atoms with Crippen molar-refractivity contribution in [3.05, 3.63) is 70.9 Å². The zero-order valence-corrected chi connectivity index (χ0v) is 22.6. The number of nitrogens with zero attached hydrogens (tertiary/aromatic N) is 4. The Morgan fingerprint density at radius 2 is 1.84 bits per heavy atom. The quantitative estimate of drug-likeness (QED) is 0.371.